The van der Waals surface area contributed by atoms with Crippen LogP contribution in [0.1, 0.15) is 0 Å². The topological polar surface area (TPSA) is 3.24 Å². The molecule has 1 saturated heterocycles. The van der Waals surface area contributed by atoms with E-state index in [9.17, 15) is 4.39 Å². The maximum atomic E-state index is 11.9. The van der Waals surface area contributed by atoms with Crippen molar-refractivity contribution in [1.29, 1.82) is 0 Å². The second-order valence-corrected chi connectivity index (χ2v) is 2.06. The molecule has 0 spiro atoms. The minimum Gasteiger partial charge on any atom is -0.289 e. The molecule has 0 atom stereocenters. The summed E-state index contributed by atoms with van der Waals surface area (Å²) in [6.45, 7) is 1.17. The van der Waals surface area contributed by atoms with Crippen molar-refractivity contribution in [3.63, 3.8) is 0 Å². The molecule has 0 aliphatic carbocycles. The lowest BCUT2D eigenvalue weighted by atomic mass is 10.2. The van der Waals surface area contributed by atoms with Gasteiger partial charge in [-0.05, 0) is 0 Å². The van der Waals surface area contributed by atoms with Gasteiger partial charge in [-0.15, -0.1) is 0 Å². The minimum atomic E-state index is -0.577. The predicted molar refractivity (Wildman–Crippen MR) is 30.3 cm³/mol. The standard InChI is InChI=1S/C4H8FNS/c5-4-1-6(2-4)3-7/h4,7H,1-3H2. The van der Waals surface area contributed by atoms with Gasteiger partial charge in [0, 0.05) is 19.0 Å². The molecule has 0 radical (unpaired) electrons. The Kier molecular flexibility index (Phi) is 1.54. The number of thiol groups is 1. The summed E-state index contributed by atoms with van der Waals surface area (Å²) in [7, 11) is 0. The van der Waals surface area contributed by atoms with Crippen LogP contribution in [0.4, 0.5) is 4.39 Å². The Hall–Kier alpha value is 0.240. The number of nitrogens with zero attached hydrogens (tertiary/aromatic N) is 1. The van der Waals surface area contributed by atoms with E-state index in [4.69, 9.17) is 0 Å². The molecule has 42 valence electrons. The summed E-state index contributed by atoms with van der Waals surface area (Å²) in [6, 6.07) is 0. The van der Waals surface area contributed by atoms with Crippen molar-refractivity contribution >= 4 is 12.6 Å². The Morgan fingerprint density at radius 1 is 1.71 bits per heavy atom. The van der Waals surface area contributed by atoms with Crippen molar-refractivity contribution in [2.75, 3.05) is 19.0 Å². The first-order valence-corrected chi connectivity index (χ1v) is 2.93. The van der Waals surface area contributed by atoms with Crippen LogP contribution in [0.5, 0.6) is 0 Å². The number of alkyl halides is 1. The lowest BCUT2D eigenvalue weighted by molar-refractivity contribution is 0.0857. The number of hydrogen-bond acceptors (Lipinski definition) is 2. The van der Waals surface area contributed by atoms with Crippen molar-refractivity contribution in [3.05, 3.63) is 0 Å². The fraction of sp³-hybridized carbons (Fsp3) is 1.00. The molecular weight excluding hydrogens is 113 g/mol. The molecular formula is C4H8FNS. The van der Waals surface area contributed by atoms with Crippen molar-refractivity contribution in [1.82, 2.24) is 4.90 Å². The average Bonchev–Trinajstić information content (AvgIpc) is 1.58. The van der Waals surface area contributed by atoms with Gasteiger partial charge in [0.2, 0.25) is 0 Å². The van der Waals surface area contributed by atoms with Crippen LogP contribution in [0.25, 0.3) is 0 Å². The van der Waals surface area contributed by atoms with E-state index < -0.39 is 6.17 Å². The number of rotatable bonds is 1. The quantitative estimate of drug-likeness (QED) is 0.495. The monoisotopic (exact) mass is 121 g/mol. The third-order valence-electron chi connectivity index (χ3n) is 1.11. The molecule has 0 aromatic heterocycles. The highest BCUT2D eigenvalue weighted by Gasteiger charge is 2.23. The lowest BCUT2D eigenvalue weighted by Crippen LogP contribution is -2.47. The van der Waals surface area contributed by atoms with E-state index in [2.05, 4.69) is 12.6 Å². The van der Waals surface area contributed by atoms with Crippen LogP contribution in [0.15, 0.2) is 0 Å². The van der Waals surface area contributed by atoms with Crippen LogP contribution in [0, 0.1) is 0 Å². The molecule has 1 fully saturated rings. The normalized spacial score (nSPS) is 24.9. The molecule has 0 unspecified atom stereocenters. The van der Waals surface area contributed by atoms with Gasteiger partial charge in [-0.1, -0.05) is 0 Å². The Labute approximate surface area is 47.9 Å². The van der Waals surface area contributed by atoms with E-state index in [1.54, 1.807) is 0 Å². The molecule has 0 amide bonds. The summed E-state index contributed by atoms with van der Waals surface area (Å²) in [4.78, 5) is 1.94. The molecule has 1 aliphatic heterocycles. The van der Waals surface area contributed by atoms with Crippen LogP contribution in [-0.2, 0) is 0 Å². The SMILES string of the molecule is FC1CN(CS)C1. The van der Waals surface area contributed by atoms with Crippen molar-refractivity contribution in [2.24, 2.45) is 0 Å². The van der Waals surface area contributed by atoms with E-state index in [0.29, 0.717) is 19.0 Å². The summed E-state index contributed by atoms with van der Waals surface area (Å²) in [5.74, 6) is 0.695. The third kappa shape index (κ3) is 1.07. The Balaban J connectivity index is 2.06. The summed E-state index contributed by atoms with van der Waals surface area (Å²) in [5, 5.41) is 0. The van der Waals surface area contributed by atoms with Gasteiger partial charge < -0.3 is 0 Å². The van der Waals surface area contributed by atoms with E-state index in [1.807, 2.05) is 4.90 Å². The van der Waals surface area contributed by atoms with Gasteiger partial charge in [0.05, 0.1) is 0 Å². The third-order valence-corrected chi connectivity index (χ3v) is 1.51. The molecule has 1 rings (SSSR count). The molecule has 0 saturated carbocycles. The van der Waals surface area contributed by atoms with Gasteiger partial charge in [-0.3, -0.25) is 4.90 Å². The zero-order chi connectivity index (χ0) is 5.28. The van der Waals surface area contributed by atoms with Crippen LogP contribution in [-0.4, -0.2) is 30.0 Å². The number of hydrogen-bond donors (Lipinski definition) is 1. The van der Waals surface area contributed by atoms with Gasteiger partial charge in [0.25, 0.3) is 0 Å². The van der Waals surface area contributed by atoms with Gasteiger partial charge in [-0.25, -0.2) is 4.39 Å². The fourth-order valence-corrected chi connectivity index (χ4v) is 0.853. The molecule has 0 N–H and O–H groups in total. The molecule has 1 heterocycles. The highest BCUT2D eigenvalue weighted by molar-refractivity contribution is 7.80. The summed E-state index contributed by atoms with van der Waals surface area (Å²) >= 11 is 3.95. The van der Waals surface area contributed by atoms with Crippen molar-refractivity contribution in [3.8, 4) is 0 Å². The molecule has 0 aromatic rings. The largest absolute Gasteiger partial charge is 0.289 e. The molecule has 7 heavy (non-hydrogen) atoms. The maximum Gasteiger partial charge on any atom is 0.125 e. The van der Waals surface area contributed by atoms with Crippen LogP contribution in [0.3, 0.4) is 0 Å². The van der Waals surface area contributed by atoms with Crippen molar-refractivity contribution in [2.45, 2.75) is 6.17 Å². The first-order valence-electron chi connectivity index (χ1n) is 2.30. The zero-order valence-electron chi connectivity index (χ0n) is 3.97. The van der Waals surface area contributed by atoms with Gasteiger partial charge in [0.15, 0.2) is 0 Å². The van der Waals surface area contributed by atoms with Crippen LogP contribution >= 0.6 is 12.6 Å². The van der Waals surface area contributed by atoms with Crippen molar-refractivity contribution < 1.29 is 4.39 Å². The second-order valence-electron chi connectivity index (χ2n) is 1.77. The number of halogens is 1. The Morgan fingerprint density at radius 2 is 2.29 bits per heavy atom. The van der Waals surface area contributed by atoms with E-state index in [1.165, 1.54) is 0 Å². The number of likely N-dealkylation sites (tertiary alicyclic amines) is 1. The average molecular weight is 121 g/mol. The van der Waals surface area contributed by atoms with E-state index >= 15 is 0 Å². The lowest BCUT2D eigenvalue weighted by Gasteiger charge is -2.32. The Bertz CT molecular complexity index is 62.7. The smallest absolute Gasteiger partial charge is 0.125 e. The van der Waals surface area contributed by atoms with Gasteiger partial charge in [-0.2, -0.15) is 12.6 Å². The van der Waals surface area contributed by atoms with Gasteiger partial charge >= 0.3 is 0 Å². The zero-order valence-corrected chi connectivity index (χ0v) is 4.87. The highest BCUT2D eigenvalue weighted by atomic mass is 32.1. The molecule has 0 bridgehead atoms. The predicted octanol–water partition coefficient (Wildman–Crippen LogP) is 0.527. The molecule has 0 aromatic carbocycles. The molecule has 1 aliphatic rings. The van der Waals surface area contributed by atoms with E-state index in [0.717, 1.165) is 0 Å². The Morgan fingerprint density at radius 3 is 2.43 bits per heavy atom. The van der Waals surface area contributed by atoms with Crippen LogP contribution < -0.4 is 0 Å². The first-order chi connectivity index (χ1) is 3.33. The first kappa shape index (κ1) is 5.38. The summed E-state index contributed by atoms with van der Waals surface area (Å²) in [6.07, 6.45) is -0.577. The maximum absolute atomic E-state index is 11.9. The summed E-state index contributed by atoms with van der Waals surface area (Å²) in [5.41, 5.74) is 0. The van der Waals surface area contributed by atoms with Crippen LogP contribution in [0.2, 0.25) is 0 Å². The minimum absolute atomic E-state index is 0.577. The fourth-order valence-electron chi connectivity index (χ4n) is 0.622. The molecule has 1 nitrogen and oxygen atoms in total. The van der Waals surface area contributed by atoms with E-state index in [-0.39, 0.29) is 0 Å². The highest BCUT2D eigenvalue weighted by Crippen LogP contribution is 2.10. The second kappa shape index (κ2) is 2.01. The summed E-state index contributed by atoms with van der Waals surface area (Å²) < 4.78 is 11.9. The molecule has 3 heteroatoms. The van der Waals surface area contributed by atoms with Gasteiger partial charge in [0.1, 0.15) is 6.17 Å².